The van der Waals surface area contributed by atoms with Gasteiger partial charge in [0.25, 0.3) is 5.24 Å². The Balaban J connectivity index is 2.72. The summed E-state index contributed by atoms with van der Waals surface area (Å²) in [5.41, 5.74) is -1.23. The molecule has 0 aromatic carbocycles. The average molecular weight is 185 g/mol. The molecule has 2 atom stereocenters. The Hall–Kier alpha value is 0.0300. The van der Waals surface area contributed by atoms with E-state index in [4.69, 9.17) is 11.6 Å². The number of hydrogen-bond donors (Lipinski definition) is 0. The molecule has 1 aliphatic heterocycles. The van der Waals surface area contributed by atoms with Crippen molar-refractivity contribution in [2.45, 2.75) is 12.5 Å². The van der Waals surface area contributed by atoms with Gasteiger partial charge in [-0.2, -0.15) is 4.21 Å². The summed E-state index contributed by atoms with van der Waals surface area (Å²) >= 11 is 3.29. The second-order valence-corrected chi connectivity index (χ2v) is 3.21. The van der Waals surface area contributed by atoms with Crippen LogP contribution < -0.4 is 0 Å². The van der Waals surface area contributed by atoms with Gasteiger partial charge in [0.2, 0.25) is 0 Å². The van der Waals surface area contributed by atoms with Gasteiger partial charge in [0.1, 0.15) is 6.61 Å². The lowest BCUT2D eigenvalue weighted by Gasteiger charge is -2.11. The van der Waals surface area contributed by atoms with Crippen LogP contribution in [0.25, 0.3) is 0 Å². The minimum absolute atomic E-state index is 0.0536. The molecule has 4 nitrogen and oxygen atoms in total. The molecule has 1 fully saturated rings. The molecule has 1 aliphatic rings. The van der Waals surface area contributed by atoms with Crippen molar-refractivity contribution in [2.75, 3.05) is 6.61 Å². The van der Waals surface area contributed by atoms with Crippen molar-refractivity contribution in [1.82, 2.24) is 0 Å². The van der Waals surface area contributed by atoms with Gasteiger partial charge in [-0.15, -0.1) is 0 Å². The van der Waals surface area contributed by atoms with Gasteiger partial charge in [-0.3, -0.25) is 13.2 Å². The molecule has 1 heterocycles. The first-order valence-electron chi connectivity index (χ1n) is 2.49. The molecule has 1 rings (SSSR count). The normalized spacial score (nSPS) is 40.0. The molecule has 0 aromatic rings. The molecular weight excluding hydrogens is 180 g/mol. The van der Waals surface area contributed by atoms with E-state index in [9.17, 15) is 9.00 Å². The molecule has 58 valence electrons. The highest BCUT2D eigenvalue weighted by molar-refractivity contribution is 7.75. The van der Waals surface area contributed by atoms with Crippen molar-refractivity contribution < 1.29 is 17.4 Å². The van der Waals surface area contributed by atoms with E-state index in [1.54, 1.807) is 0 Å². The van der Waals surface area contributed by atoms with Crippen LogP contribution >= 0.6 is 11.6 Å². The molecule has 0 bridgehead atoms. The molecule has 6 heteroatoms. The van der Waals surface area contributed by atoms with Crippen LogP contribution in [0.1, 0.15) is 6.92 Å². The van der Waals surface area contributed by atoms with E-state index in [1.807, 2.05) is 0 Å². The van der Waals surface area contributed by atoms with E-state index < -0.39 is 22.2 Å². The molecule has 1 saturated heterocycles. The van der Waals surface area contributed by atoms with Crippen LogP contribution in [0.3, 0.4) is 0 Å². The Morgan fingerprint density at radius 2 is 2.40 bits per heavy atom. The summed E-state index contributed by atoms with van der Waals surface area (Å²) in [6.45, 7) is 1.37. The van der Waals surface area contributed by atoms with Crippen LogP contribution in [0.5, 0.6) is 0 Å². The summed E-state index contributed by atoms with van der Waals surface area (Å²) in [4.78, 5) is 10.5. The van der Waals surface area contributed by atoms with Gasteiger partial charge in [-0.25, -0.2) is 0 Å². The number of carbonyl (C=O) groups excluding carboxylic acids is 1. The minimum atomic E-state index is -1.82. The summed E-state index contributed by atoms with van der Waals surface area (Å²) in [6.07, 6.45) is 0. The quantitative estimate of drug-likeness (QED) is 0.544. The number of hydrogen-bond acceptors (Lipinski definition) is 4. The second kappa shape index (κ2) is 2.58. The fourth-order valence-electron chi connectivity index (χ4n) is 0.448. The van der Waals surface area contributed by atoms with Crippen molar-refractivity contribution in [3.8, 4) is 0 Å². The molecule has 10 heavy (non-hydrogen) atoms. The molecule has 1 unspecified atom stereocenters. The Kier molecular flexibility index (Phi) is 2.10. The predicted octanol–water partition coefficient (Wildman–Crippen LogP) is 0.136. The summed E-state index contributed by atoms with van der Waals surface area (Å²) in [7, 11) is 0. The van der Waals surface area contributed by atoms with E-state index in [-0.39, 0.29) is 6.61 Å². The van der Waals surface area contributed by atoms with Crippen molar-refractivity contribution in [2.24, 2.45) is 0 Å². The van der Waals surface area contributed by atoms with Crippen LogP contribution in [0.2, 0.25) is 0 Å². The van der Waals surface area contributed by atoms with Gasteiger partial charge in [0.15, 0.2) is 5.60 Å². The Morgan fingerprint density at radius 1 is 1.80 bits per heavy atom. The molecule has 0 aliphatic carbocycles. The van der Waals surface area contributed by atoms with Crippen molar-refractivity contribution in [3.05, 3.63) is 0 Å². The summed E-state index contributed by atoms with van der Waals surface area (Å²) in [6, 6.07) is 0. The van der Waals surface area contributed by atoms with E-state index in [1.165, 1.54) is 6.92 Å². The Morgan fingerprint density at radius 3 is 2.60 bits per heavy atom. The molecule has 0 radical (unpaired) electrons. The zero-order valence-corrected chi connectivity index (χ0v) is 6.70. The molecular formula is C4H5ClO4S. The lowest BCUT2D eigenvalue weighted by Crippen LogP contribution is -2.34. The highest BCUT2D eigenvalue weighted by atomic mass is 35.5. The largest absolute Gasteiger partial charge is 0.305 e. The Bertz CT molecular complexity index is 194. The number of halogens is 1. The van der Waals surface area contributed by atoms with E-state index >= 15 is 0 Å². The Labute approximate surface area is 65.3 Å². The first kappa shape index (κ1) is 8.13. The highest BCUT2D eigenvalue weighted by Gasteiger charge is 2.42. The van der Waals surface area contributed by atoms with Gasteiger partial charge in [0.05, 0.1) is 0 Å². The van der Waals surface area contributed by atoms with Crippen molar-refractivity contribution >= 4 is 28.2 Å². The minimum Gasteiger partial charge on any atom is -0.278 e. The van der Waals surface area contributed by atoms with Crippen LogP contribution in [0, 0.1) is 0 Å². The van der Waals surface area contributed by atoms with Crippen LogP contribution in [-0.2, 0) is 24.5 Å². The van der Waals surface area contributed by atoms with Gasteiger partial charge in [0, 0.05) is 0 Å². The first-order valence-corrected chi connectivity index (χ1v) is 3.87. The third-order valence-electron chi connectivity index (χ3n) is 1.10. The zero-order chi connectivity index (χ0) is 7.78. The highest BCUT2D eigenvalue weighted by Crippen LogP contribution is 2.23. The van der Waals surface area contributed by atoms with Gasteiger partial charge < -0.3 is 0 Å². The monoisotopic (exact) mass is 184 g/mol. The predicted molar refractivity (Wildman–Crippen MR) is 34.4 cm³/mol. The van der Waals surface area contributed by atoms with Crippen LogP contribution in [0.15, 0.2) is 0 Å². The molecule has 0 aromatic heterocycles. The van der Waals surface area contributed by atoms with E-state index in [0.717, 1.165) is 0 Å². The molecule has 0 spiro atoms. The van der Waals surface area contributed by atoms with Gasteiger partial charge >= 0.3 is 11.4 Å². The average Bonchev–Trinajstić information content (AvgIpc) is 2.13. The smallest absolute Gasteiger partial charge is 0.278 e. The summed E-state index contributed by atoms with van der Waals surface area (Å²) < 4.78 is 19.5. The first-order chi connectivity index (χ1) is 4.54. The summed E-state index contributed by atoms with van der Waals surface area (Å²) in [5.74, 6) is 0. The van der Waals surface area contributed by atoms with Crippen LogP contribution in [-0.4, -0.2) is 21.7 Å². The fourth-order valence-corrected chi connectivity index (χ4v) is 1.38. The van der Waals surface area contributed by atoms with Crippen molar-refractivity contribution in [3.63, 3.8) is 0 Å². The lowest BCUT2D eigenvalue weighted by atomic mass is 10.1. The summed E-state index contributed by atoms with van der Waals surface area (Å²) in [5, 5.41) is -0.696. The second-order valence-electron chi connectivity index (χ2n) is 2.05. The zero-order valence-electron chi connectivity index (χ0n) is 5.13. The maximum atomic E-state index is 10.5. The van der Waals surface area contributed by atoms with E-state index in [2.05, 4.69) is 8.37 Å². The maximum absolute atomic E-state index is 10.5. The fraction of sp³-hybridized carbons (Fsp3) is 0.750. The number of carbonyl (C=O) groups is 1. The van der Waals surface area contributed by atoms with E-state index in [0.29, 0.717) is 0 Å². The molecule has 0 amide bonds. The third kappa shape index (κ3) is 1.37. The lowest BCUT2D eigenvalue weighted by molar-refractivity contribution is -0.123. The third-order valence-corrected chi connectivity index (χ3v) is 2.31. The number of rotatable bonds is 1. The topological polar surface area (TPSA) is 52.6 Å². The standard InChI is InChI=1S/C4H5ClO4S/c1-4(3(5)6)2-8-10(7)9-4/h2H2,1H3/t4-,10?/m0/s1. The molecule has 0 saturated carbocycles. The molecule has 0 N–H and O–H groups in total. The maximum Gasteiger partial charge on any atom is 0.305 e. The SMILES string of the molecule is C[C@@]1(C(=O)Cl)COS(=O)O1. The van der Waals surface area contributed by atoms with Crippen molar-refractivity contribution in [1.29, 1.82) is 0 Å². The van der Waals surface area contributed by atoms with Crippen LogP contribution in [0.4, 0.5) is 0 Å². The van der Waals surface area contributed by atoms with Gasteiger partial charge in [-0.05, 0) is 18.5 Å². The van der Waals surface area contributed by atoms with Gasteiger partial charge in [-0.1, -0.05) is 0 Å².